The van der Waals surface area contributed by atoms with Crippen LogP contribution in [0.15, 0.2) is 53.4 Å². The molecule has 32 heavy (non-hydrogen) atoms. The Kier molecular flexibility index (Phi) is 5.73. The number of aromatic nitrogens is 2. The van der Waals surface area contributed by atoms with Gasteiger partial charge in [0.25, 0.3) is 0 Å². The Morgan fingerprint density at radius 2 is 1.84 bits per heavy atom. The second kappa shape index (κ2) is 8.53. The minimum atomic E-state index is -3.86. The van der Waals surface area contributed by atoms with Gasteiger partial charge in [0, 0.05) is 18.5 Å². The van der Waals surface area contributed by atoms with Gasteiger partial charge in [-0.05, 0) is 43.4 Å². The minimum Gasteiger partial charge on any atom is -0.354 e. The van der Waals surface area contributed by atoms with Gasteiger partial charge in [-0.2, -0.15) is 13.1 Å². The molecule has 1 aromatic heterocycles. The molecule has 1 saturated carbocycles. The van der Waals surface area contributed by atoms with Crippen molar-refractivity contribution < 1.29 is 13.2 Å². The first-order chi connectivity index (χ1) is 15.5. The Morgan fingerprint density at radius 3 is 2.62 bits per heavy atom. The van der Waals surface area contributed by atoms with E-state index in [1.54, 1.807) is 18.2 Å². The first-order valence-corrected chi connectivity index (χ1v) is 13.2. The van der Waals surface area contributed by atoms with E-state index in [-0.39, 0.29) is 16.2 Å². The Hall–Kier alpha value is -2.36. The summed E-state index contributed by atoms with van der Waals surface area (Å²) < 4.78 is 36.7. The fraction of sp³-hybridized carbons (Fsp3) is 0.435. The summed E-state index contributed by atoms with van der Waals surface area (Å²) in [6, 6.07) is 14.6. The van der Waals surface area contributed by atoms with Gasteiger partial charge in [-0.1, -0.05) is 49.2 Å². The standard InChI is InChI=1S/C23H26N4O3S2/c28-22(24-16-23(13-4-5-14-23)17-8-2-1-3-9-17)19-11-7-15-27(19)32(29,30)20-12-6-10-18-21(20)26-31-25-18/h1-3,6,8-10,12,19H,4-5,7,11,13-16H2,(H,24,28)/t19-/m1/s1. The van der Waals surface area contributed by atoms with Gasteiger partial charge < -0.3 is 5.32 Å². The molecular weight excluding hydrogens is 444 g/mol. The molecule has 0 spiro atoms. The molecule has 2 aliphatic rings. The van der Waals surface area contributed by atoms with E-state index in [1.807, 2.05) is 18.2 Å². The molecular formula is C23H26N4O3S2. The highest BCUT2D eigenvalue weighted by Crippen LogP contribution is 2.40. The maximum atomic E-state index is 13.5. The van der Waals surface area contributed by atoms with Gasteiger partial charge in [0.2, 0.25) is 15.9 Å². The zero-order chi connectivity index (χ0) is 22.2. The molecule has 9 heteroatoms. The molecule has 1 amide bonds. The van der Waals surface area contributed by atoms with Crippen LogP contribution in [0.2, 0.25) is 0 Å². The topological polar surface area (TPSA) is 92.3 Å². The molecule has 1 aliphatic carbocycles. The molecule has 1 saturated heterocycles. The van der Waals surface area contributed by atoms with Crippen LogP contribution in [0.1, 0.15) is 44.1 Å². The van der Waals surface area contributed by atoms with E-state index in [9.17, 15) is 13.2 Å². The molecule has 5 rings (SSSR count). The Morgan fingerprint density at radius 1 is 1.06 bits per heavy atom. The lowest BCUT2D eigenvalue weighted by molar-refractivity contribution is -0.124. The highest BCUT2D eigenvalue weighted by Gasteiger charge is 2.42. The van der Waals surface area contributed by atoms with E-state index < -0.39 is 16.1 Å². The summed E-state index contributed by atoms with van der Waals surface area (Å²) in [5.74, 6) is -0.211. The average Bonchev–Trinajstić information content (AvgIpc) is 3.58. The predicted octanol–water partition coefficient (Wildman–Crippen LogP) is 3.47. The van der Waals surface area contributed by atoms with E-state index in [4.69, 9.17) is 0 Å². The number of hydrogen-bond acceptors (Lipinski definition) is 6. The van der Waals surface area contributed by atoms with Crippen LogP contribution in [0.25, 0.3) is 11.0 Å². The second-order valence-corrected chi connectivity index (χ2v) is 11.1. The molecule has 1 N–H and O–H groups in total. The first kappa shape index (κ1) is 21.5. The zero-order valence-electron chi connectivity index (χ0n) is 17.7. The number of rotatable bonds is 6. The molecule has 1 atom stereocenters. The summed E-state index contributed by atoms with van der Waals surface area (Å²) in [6.45, 7) is 0.865. The lowest BCUT2D eigenvalue weighted by Crippen LogP contribution is -2.49. The van der Waals surface area contributed by atoms with Crippen molar-refractivity contribution in [3.05, 3.63) is 54.1 Å². The quantitative estimate of drug-likeness (QED) is 0.596. The number of benzene rings is 2. The van der Waals surface area contributed by atoms with E-state index in [0.29, 0.717) is 37.0 Å². The number of nitrogens with zero attached hydrogens (tertiary/aromatic N) is 3. The van der Waals surface area contributed by atoms with Gasteiger partial charge in [-0.25, -0.2) is 8.42 Å². The summed E-state index contributed by atoms with van der Waals surface area (Å²) in [4.78, 5) is 13.4. The Bertz CT molecular complexity index is 1220. The van der Waals surface area contributed by atoms with E-state index in [1.165, 1.54) is 9.87 Å². The minimum absolute atomic E-state index is 0.0723. The van der Waals surface area contributed by atoms with Crippen LogP contribution < -0.4 is 5.32 Å². The number of fused-ring (bicyclic) bond motifs is 1. The summed E-state index contributed by atoms with van der Waals surface area (Å²) in [7, 11) is -3.86. The van der Waals surface area contributed by atoms with Gasteiger partial charge in [0.15, 0.2) is 0 Å². The van der Waals surface area contributed by atoms with Gasteiger partial charge in [0.05, 0.1) is 11.7 Å². The molecule has 7 nitrogen and oxygen atoms in total. The fourth-order valence-electron chi connectivity index (χ4n) is 5.19. The van der Waals surface area contributed by atoms with Crippen LogP contribution in [0, 0.1) is 0 Å². The summed E-state index contributed by atoms with van der Waals surface area (Å²) >= 11 is 0.990. The van der Waals surface area contributed by atoms with Crippen molar-refractivity contribution in [2.45, 2.75) is 54.9 Å². The van der Waals surface area contributed by atoms with Crippen molar-refractivity contribution in [2.75, 3.05) is 13.1 Å². The SMILES string of the molecule is O=C(NCC1(c2ccccc2)CCCC1)[C@H]1CCCN1S(=O)(=O)c1cccc2nsnc12. The van der Waals surface area contributed by atoms with Crippen molar-refractivity contribution in [1.82, 2.24) is 18.4 Å². The van der Waals surface area contributed by atoms with E-state index in [0.717, 1.165) is 37.4 Å². The molecule has 2 aromatic carbocycles. The van der Waals surface area contributed by atoms with Crippen molar-refractivity contribution in [1.29, 1.82) is 0 Å². The third-order valence-electron chi connectivity index (χ3n) is 6.89. The van der Waals surface area contributed by atoms with Crippen LogP contribution in [0.5, 0.6) is 0 Å². The van der Waals surface area contributed by atoms with Crippen LogP contribution in [-0.4, -0.2) is 46.5 Å². The third-order valence-corrected chi connectivity index (χ3v) is 9.37. The molecule has 0 bridgehead atoms. The Balaban J connectivity index is 1.36. The smallest absolute Gasteiger partial charge is 0.246 e. The number of carbonyl (C=O) groups is 1. The maximum Gasteiger partial charge on any atom is 0.246 e. The average molecular weight is 471 g/mol. The normalized spacial score (nSPS) is 21.2. The van der Waals surface area contributed by atoms with Crippen molar-refractivity contribution in [2.24, 2.45) is 0 Å². The van der Waals surface area contributed by atoms with Crippen LogP contribution >= 0.6 is 11.7 Å². The zero-order valence-corrected chi connectivity index (χ0v) is 19.4. The number of hydrogen-bond donors (Lipinski definition) is 1. The van der Waals surface area contributed by atoms with Crippen molar-refractivity contribution in [3.8, 4) is 0 Å². The van der Waals surface area contributed by atoms with E-state index in [2.05, 4.69) is 26.2 Å². The number of amides is 1. The van der Waals surface area contributed by atoms with Gasteiger partial charge in [-0.15, -0.1) is 0 Å². The van der Waals surface area contributed by atoms with Gasteiger partial charge >= 0.3 is 0 Å². The van der Waals surface area contributed by atoms with Crippen molar-refractivity contribution >= 4 is 38.7 Å². The lowest BCUT2D eigenvalue weighted by atomic mass is 9.79. The molecule has 168 valence electrons. The first-order valence-electron chi connectivity index (χ1n) is 11.1. The highest BCUT2D eigenvalue weighted by atomic mass is 32.2. The number of nitrogens with one attached hydrogen (secondary N) is 1. The molecule has 2 fully saturated rings. The predicted molar refractivity (Wildman–Crippen MR) is 124 cm³/mol. The Labute approximate surface area is 192 Å². The molecule has 1 aliphatic heterocycles. The van der Waals surface area contributed by atoms with Crippen LogP contribution in [0.3, 0.4) is 0 Å². The number of sulfonamides is 1. The second-order valence-electron chi connectivity index (χ2n) is 8.73. The summed E-state index contributed by atoms with van der Waals surface area (Å²) in [5, 5.41) is 3.12. The van der Waals surface area contributed by atoms with Crippen LogP contribution in [0.4, 0.5) is 0 Å². The van der Waals surface area contributed by atoms with Crippen LogP contribution in [-0.2, 0) is 20.2 Å². The van der Waals surface area contributed by atoms with Crippen molar-refractivity contribution in [3.63, 3.8) is 0 Å². The summed E-state index contributed by atoms with van der Waals surface area (Å²) in [5.41, 5.74) is 2.10. The number of carbonyl (C=O) groups excluding carboxylic acids is 1. The molecule has 3 aromatic rings. The third kappa shape index (κ3) is 3.72. The largest absolute Gasteiger partial charge is 0.354 e. The monoisotopic (exact) mass is 470 g/mol. The molecule has 2 heterocycles. The fourth-order valence-corrected chi connectivity index (χ4v) is 7.60. The maximum absolute atomic E-state index is 13.5. The molecule has 0 radical (unpaired) electrons. The van der Waals surface area contributed by atoms with E-state index >= 15 is 0 Å². The summed E-state index contributed by atoms with van der Waals surface area (Å²) in [6.07, 6.45) is 5.52. The van der Waals surface area contributed by atoms with Gasteiger partial charge in [-0.3, -0.25) is 4.79 Å². The lowest BCUT2D eigenvalue weighted by Gasteiger charge is -2.31. The highest BCUT2D eigenvalue weighted by molar-refractivity contribution is 7.89. The van der Waals surface area contributed by atoms with Gasteiger partial charge in [0.1, 0.15) is 22.0 Å². The molecule has 0 unspecified atom stereocenters.